The van der Waals surface area contributed by atoms with E-state index < -0.39 is 0 Å². The van der Waals surface area contributed by atoms with E-state index in [4.69, 9.17) is 0 Å². The first-order chi connectivity index (χ1) is 7.08. The maximum absolute atomic E-state index is 11.6. The van der Waals surface area contributed by atoms with Crippen LogP contribution in [0.15, 0.2) is 12.1 Å². The maximum atomic E-state index is 11.6. The number of anilines is 1. The summed E-state index contributed by atoms with van der Waals surface area (Å²) in [6.45, 7) is 3.42. The second-order valence-electron chi connectivity index (χ2n) is 3.95. The monoisotopic (exact) mass is 203 g/mol. The Morgan fingerprint density at radius 2 is 2.07 bits per heavy atom. The zero-order valence-corrected chi connectivity index (χ0v) is 8.89. The number of amides is 1. The van der Waals surface area contributed by atoms with Crippen LogP contribution in [0, 0.1) is 6.92 Å². The molecule has 1 amide bonds. The van der Waals surface area contributed by atoms with Crippen LogP contribution in [0.4, 0.5) is 5.69 Å². The van der Waals surface area contributed by atoms with Crippen LogP contribution >= 0.6 is 0 Å². The van der Waals surface area contributed by atoms with Crippen molar-refractivity contribution in [2.45, 2.75) is 26.7 Å². The van der Waals surface area contributed by atoms with Gasteiger partial charge in [0, 0.05) is 18.9 Å². The Kier molecular flexibility index (Phi) is 2.31. The molecule has 0 unspecified atom stereocenters. The van der Waals surface area contributed by atoms with Crippen molar-refractivity contribution < 1.29 is 9.59 Å². The standard InChI is InChI=1S/C12H13NO2/c1-7-5-9-3-4-11(15)12(9)10(6-7)13-8(2)14/h5-6H,3-4H2,1-2H3,(H,13,14). The summed E-state index contributed by atoms with van der Waals surface area (Å²) in [7, 11) is 0. The molecule has 2 rings (SSSR count). The number of Topliss-reactive ketones (excluding diaryl/α,β-unsaturated/α-hetero) is 1. The third kappa shape index (κ3) is 1.77. The van der Waals surface area contributed by atoms with E-state index in [9.17, 15) is 9.59 Å². The molecule has 0 saturated carbocycles. The zero-order valence-electron chi connectivity index (χ0n) is 8.89. The van der Waals surface area contributed by atoms with Gasteiger partial charge in [0.2, 0.25) is 5.91 Å². The van der Waals surface area contributed by atoms with Gasteiger partial charge in [-0.15, -0.1) is 0 Å². The second-order valence-corrected chi connectivity index (χ2v) is 3.95. The third-order valence-corrected chi connectivity index (χ3v) is 2.58. The SMILES string of the molecule is CC(=O)Nc1cc(C)cc2c1C(=O)CC2. The molecule has 3 nitrogen and oxygen atoms in total. The molecule has 0 aromatic heterocycles. The Morgan fingerprint density at radius 1 is 1.33 bits per heavy atom. The summed E-state index contributed by atoms with van der Waals surface area (Å²) in [5.74, 6) is -0.00347. The highest BCUT2D eigenvalue weighted by Gasteiger charge is 2.23. The number of nitrogens with one attached hydrogen (secondary N) is 1. The van der Waals surface area contributed by atoms with E-state index in [-0.39, 0.29) is 11.7 Å². The number of rotatable bonds is 1. The molecule has 1 N–H and O–H groups in total. The molecule has 0 heterocycles. The van der Waals surface area contributed by atoms with E-state index in [2.05, 4.69) is 5.32 Å². The Labute approximate surface area is 88.5 Å². The Hall–Kier alpha value is -1.64. The van der Waals surface area contributed by atoms with Crippen LogP contribution in [0.25, 0.3) is 0 Å². The van der Waals surface area contributed by atoms with Crippen molar-refractivity contribution in [3.8, 4) is 0 Å². The van der Waals surface area contributed by atoms with E-state index in [0.717, 1.165) is 17.5 Å². The minimum atomic E-state index is -0.137. The van der Waals surface area contributed by atoms with E-state index in [1.165, 1.54) is 6.92 Å². The largest absolute Gasteiger partial charge is 0.326 e. The van der Waals surface area contributed by atoms with Gasteiger partial charge in [0.15, 0.2) is 5.78 Å². The molecule has 1 aliphatic carbocycles. The summed E-state index contributed by atoms with van der Waals surface area (Å²) in [4.78, 5) is 22.6. The fourth-order valence-corrected chi connectivity index (χ4v) is 2.05. The Balaban J connectivity index is 2.53. The van der Waals surface area contributed by atoms with Gasteiger partial charge in [0.05, 0.1) is 5.69 Å². The maximum Gasteiger partial charge on any atom is 0.221 e. The fourth-order valence-electron chi connectivity index (χ4n) is 2.05. The first-order valence-corrected chi connectivity index (χ1v) is 5.02. The van der Waals surface area contributed by atoms with Gasteiger partial charge in [-0.2, -0.15) is 0 Å². The second kappa shape index (κ2) is 3.50. The van der Waals surface area contributed by atoms with Crippen LogP contribution in [0.1, 0.15) is 34.8 Å². The number of benzene rings is 1. The average molecular weight is 203 g/mol. The van der Waals surface area contributed by atoms with Crippen LogP contribution < -0.4 is 5.32 Å². The van der Waals surface area contributed by atoms with E-state index >= 15 is 0 Å². The average Bonchev–Trinajstić information content (AvgIpc) is 2.46. The molecule has 0 radical (unpaired) electrons. The van der Waals surface area contributed by atoms with Crippen LogP contribution in [0.2, 0.25) is 0 Å². The molecule has 1 aromatic carbocycles. The van der Waals surface area contributed by atoms with Gasteiger partial charge >= 0.3 is 0 Å². The minimum Gasteiger partial charge on any atom is -0.326 e. The van der Waals surface area contributed by atoms with E-state index in [1.54, 1.807) is 0 Å². The molecule has 15 heavy (non-hydrogen) atoms. The quantitative estimate of drug-likeness (QED) is 0.759. The molecule has 0 aliphatic heterocycles. The molecular formula is C12H13NO2. The topological polar surface area (TPSA) is 46.2 Å². The predicted molar refractivity (Wildman–Crippen MR) is 58.1 cm³/mol. The van der Waals surface area contributed by atoms with Gasteiger partial charge in [0.25, 0.3) is 0 Å². The summed E-state index contributed by atoms with van der Waals surface area (Å²) in [5.41, 5.74) is 3.51. The smallest absolute Gasteiger partial charge is 0.221 e. The highest BCUT2D eigenvalue weighted by Crippen LogP contribution is 2.30. The number of fused-ring (bicyclic) bond motifs is 1. The van der Waals surface area contributed by atoms with Crippen LogP contribution in [0.5, 0.6) is 0 Å². The van der Waals surface area contributed by atoms with Crippen molar-refractivity contribution in [3.63, 3.8) is 0 Å². The van der Waals surface area contributed by atoms with E-state index in [0.29, 0.717) is 17.7 Å². The van der Waals surface area contributed by atoms with Gasteiger partial charge in [-0.05, 0) is 30.5 Å². The van der Waals surface area contributed by atoms with Gasteiger partial charge < -0.3 is 5.32 Å². The lowest BCUT2D eigenvalue weighted by atomic mass is 10.0. The van der Waals surface area contributed by atoms with Crippen molar-refractivity contribution in [2.75, 3.05) is 5.32 Å². The lowest BCUT2D eigenvalue weighted by molar-refractivity contribution is -0.114. The molecule has 3 heteroatoms. The minimum absolute atomic E-state index is 0.133. The number of carbonyl (C=O) groups excluding carboxylic acids is 2. The number of hydrogen-bond acceptors (Lipinski definition) is 2. The molecule has 0 saturated heterocycles. The molecule has 0 fully saturated rings. The molecular weight excluding hydrogens is 190 g/mol. The predicted octanol–water partition coefficient (Wildman–Crippen LogP) is 2.08. The third-order valence-electron chi connectivity index (χ3n) is 2.58. The van der Waals surface area contributed by atoms with Gasteiger partial charge in [0.1, 0.15) is 0 Å². The number of hydrogen-bond donors (Lipinski definition) is 1. The fraction of sp³-hybridized carbons (Fsp3) is 0.333. The van der Waals surface area contributed by atoms with Crippen LogP contribution in [-0.4, -0.2) is 11.7 Å². The molecule has 1 aromatic rings. The van der Waals surface area contributed by atoms with Crippen molar-refractivity contribution in [3.05, 3.63) is 28.8 Å². The summed E-state index contributed by atoms with van der Waals surface area (Å²) < 4.78 is 0. The molecule has 0 spiro atoms. The summed E-state index contributed by atoms with van der Waals surface area (Å²) in [5, 5.41) is 2.72. The lowest BCUT2D eigenvalue weighted by Gasteiger charge is -2.09. The summed E-state index contributed by atoms with van der Waals surface area (Å²) in [6.07, 6.45) is 1.35. The van der Waals surface area contributed by atoms with Gasteiger partial charge in [-0.25, -0.2) is 0 Å². The molecule has 0 bridgehead atoms. The zero-order chi connectivity index (χ0) is 11.0. The molecule has 1 aliphatic rings. The number of aryl methyl sites for hydroxylation is 2. The first kappa shape index (κ1) is 9.90. The van der Waals surface area contributed by atoms with Crippen molar-refractivity contribution in [2.24, 2.45) is 0 Å². The normalized spacial score (nSPS) is 13.9. The summed E-state index contributed by atoms with van der Waals surface area (Å²) in [6, 6.07) is 3.87. The number of ketones is 1. The van der Waals surface area contributed by atoms with Gasteiger partial charge in [-0.1, -0.05) is 6.07 Å². The van der Waals surface area contributed by atoms with Crippen LogP contribution in [0.3, 0.4) is 0 Å². The molecule has 78 valence electrons. The summed E-state index contributed by atoms with van der Waals surface area (Å²) >= 11 is 0. The highest BCUT2D eigenvalue weighted by atomic mass is 16.1. The van der Waals surface area contributed by atoms with Crippen LogP contribution in [-0.2, 0) is 11.2 Å². The Bertz CT molecular complexity index is 449. The molecule has 0 atom stereocenters. The van der Waals surface area contributed by atoms with Crippen molar-refractivity contribution in [1.82, 2.24) is 0 Å². The lowest BCUT2D eigenvalue weighted by Crippen LogP contribution is -2.10. The Morgan fingerprint density at radius 3 is 2.73 bits per heavy atom. The van der Waals surface area contributed by atoms with Gasteiger partial charge in [-0.3, -0.25) is 9.59 Å². The first-order valence-electron chi connectivity index (χ1n) is 5.02. The van der Waals surface area contributed by atoms with Crippen molar-refractivity contribution in [1.29, 1.82) is 0 Å². The highest BCUT2D eigenvalue weighted by molar-refractivity contribution is 6.08. The number of carbonyl (C=O) groups is 2. The van der Waals surface area contributed by atoms with Crippen molar-refractivity contribution >= 4 is 17.4 Å². The van der Waals surface area contributed by atoms with E-state index in [1.807, 2.05) is 19.1 Å².